The third-order valence-electron chi connectivity index (χ3n) is 3.65. The summed E-state index contributed by atoms with van der Waals surface area (Å²) in [6, 6.07) is 6.85. The number of nitrogens with zero attached hydrogens (tertiary/aromatic N) is 1. The molecule has 0 saturated carbocycles. The van der Waals surface area contributed by atoms with E-state index in [1.54, 1.807) is 6.07 Å². The standard InChI is InChI=1S/C11H9NO7S.C4H3NO2/c13-8-6-11(20(17,18)19,10(15)12(8)16)9(14)7-4-2-1-3-5-7;6-3-1-2-4(7)5-3/h1-5,16H,6H2,(H,17,18,19);1-2H,(H,5,6,7). The highest BCUT2D eigenvalue weighted by atomic mass is 32.2. The molecule has 1 aromatic rings. The number of carbonyl (C=O) groups excluding carboxylic acids is 5. The molecule has 0 aromatic heterocycles. The molecule has 0 aliphatic carbocycles. The van der Waals surface area contributed by atoms with Crippen LogP contribution in [0.3, 0.4) is 0 Å². The second kappa shape index (κ2) is 7.19. The van der Waals surface area contributed by atoms with Crippen molar-refractivity contribution in [2.45, 2.75) is 11.2 Å². The minimum Gasteiger partial charge on any atom is -0.292 e. The van der Waals surface area contributed by atoms with Crippen LogP contribution in [-0.2, 0) is 29.3 Å². The number of rotatable bonds is 3. The van der Waals surface area contributed by atoms with Gasteiger partial charge in [-0.1, -0.05) is 30.3 Å². The van der Waals surface area contributed by atoms with E-state index in [2.05, 4.69) is 0 Å². The summed E-state index contributed by atoms with van der Waals surface area (Å²) in [5.41, 5.74) is -0.179. The van der Waals surface area contributed by atoms with Crippen molar-refractivity contribution in [2.75, 3.05) is 0 Å². The molecule has 2 aliphatic rings. The summed E-state index contributed by atoms with van der Waals surface area (Å²) in [5.74, 6) is -4.89. The van der Waals surface area contributed by atoms with Crippen molar-refractivity contribution in [3.63, 3.8) is 0 Å². The molecule has 3 N–H and O–H groups in total. The Morgan fingerprint density at radius 1 is 1.04 bits per heavy atom. The lowest BCUT2D eigenvalue weighted by molar-refractivity contribution is -0.171. The number of imide groups is 2. The molecule has 27 heavy (non-hydrogen) atoms. The van der Waals surface area contributed by atoms with Crippen LogP contribution in [0.5, 0.6) is 0 Å². The van der Waals surface area contributed by atoms with Gasteiger partial charge in [0.2, 0.25) is 4.75 Å². The minimum atomic E-state index is -5.25. The smallest absolute Gasteiger partial charge is 0.288 e. The van der Waals surface area contributed by atoms with E-state index < -0.39 is 43.9 Å². The van der Waals surface area contributed by atoms with Crippen LogP contribution in [0.2, 0.25) is 0 Å². The van der Waals surface area contributed by atoms with Gasteiger partial charge in [0.1, 0.15) is 0 Å². The van der Waals surface area contributed by atoms with Crippen LogP contribution in [0.15, 0.2) is 42.5 Å². The summed E-state index contributed by atoms with van der Waals surface area (Å²) in [6.45, 7) is 0. The summed E-state index contributed by atoms with van der Waals surface area (Å²) in [7, 11) is -5.25. The van der Waals surface area contributed by atoms with Gasteiger partial charge < -0.3 is 0 Å². The van der Waals surface area contributed by atoms with E-state index in [0.29, 0.717) is 0 Å². The number of nitrogens with one attached hydrogen (secondary N) is 1. The molecule has 0 radical (unpaired) electrons. The fourth-order valence-electron chi connectivity index (χ4n) is 2.32. The van der Waals surface area contributed by atoms with Crippen molar-refractivity contribution in [2.24, 2.45) is 0 Å². The molecule has 0 bridgehead atoms. The van der Waals surface area contributed by atoms with Crippen molar-refractivity contribution in [1.82, 2.24) is 10.4 Å². The molecule has 1 aromatic carbocycles. The number of hydrogen-bond acceptors (Lipinski definition) is 8. The van der Waals surface area contributed by atoms with Gasteiger partial charge in [0.15, 0.2) is 5.78 Å². The maximum atomic E-state index is 12.3. The molecule has 142 valence electrons. The lowest BCUT2D eigenvalue weighted by Gasteiger charge is -2.20. The number of ketones is 1. The Kier molecular flexibility index (Phi) is 5.35. The van der Waals surface area contributed by atoms with Gasteiger partial charge in [-0.25, -0.2) is 0 Å². The molecule has 1 unspecified atom stereocenters. The number of amides is 4. The first-order valence-electron chi connectivity index (χ1n) is 7.17. The molecular weight excluding hydrogens is 384 g/mol. The second-order valence-corrected chi connectivity index (χ2v) is 7.02. The number of benzene rings is 1. The third-order valence-corrected chi connectivity index (χ3v) is 5.03. The molecular formula is C15H12N2O9S. The predicted octanol–water partition coefficient (Wildman–Crippen LogP) is -1.16. The first-order valence-corrected chi connectivity index (χ1v) is 8.61. The highest BCUT2D eigenvalue weighted by Gasteiger charge is 2.65. The third kappa shape index (κ3) is 3.67. The molecule has 2 heterocycles. The van der Waals surface area contributed by atoms with E-state index in [0.717, 1.165) is 0 Å². The van der Waals surface area contributed by atoms with Crippen LogP contribution < -0.4 is 5.32 Å². The van der Waals surface area contributed by atoms with E-state index in [1.165, 1.54) is 36.4 Å². The average Bonchev–Trinajstić information content (AvgIpc) is 3.10. The Morgan fingerprint density at radius 2 is 1.56 bits per heavy atom. The summed E-state index contributed by atoms with van der Waals surface area (Å²) in [5, 5.41) is 10.7. The molecule has 0 spiro atoms. The summed E-state index contributed by atoms with van der Waals surface area (Å²) in [6.07, 6.45) is 1.25. The Hall–Kier alpha value is -3.22. The molecule has 12 heteroatoms. The highest BCUT2D eigenvalue weighted by Crippen LogP contribution is 2.34. The van der Waals surface area contributed by atoms with E-state index >= 15 is 0 Å². The van der Waals surface area contributed by atoms with Gasteiger partial charge in [-0.2, -0.15) is 13.5 Å². The Labute approximate surface area is 152 Å². The maximum Gasteiger partial charge on any atom is 0.288 e. The van der Waals surface area contributed by atoms with Crippen LogP contribution >= 0.6 is 0 Å². The van der Waals surface area contributed by atoms with Crippen molar-refractivity contribution < 1.29 is 42.2 Å². The van der Waals surface area contributed by atoms with Crippen molar-refractivity contribution >= 4 is 39.5 Å². The second-order valence-electron chi connectivity index (χ2n) is 5.37. The van der Waals surface area contributed by atoms with E-state index in [-0.39, 0.29) is 17.4 Å². The average molecular weight is 396 g/mol. The van der Waals surface area contributed by atoms with E-state index in [4.69, 9.17) is 5.21 Å². The highest BCUT2D eigenvalue weighted by molar-refractivity contribution is 7.89. The summed E-state index contributed by atoms with van der Waals surface area (Å²) < 4.78 is 29.2. The minimum absolute atomic E-state index is 0.179. The molecule has 3 rings (SSSR count). The van der Waals surface area contributed by atoms with Gasteiger partial charge in [-0.15, -0.1) is 0 Å². The molecule has 1 saturated heterocycles. The molecule has 4 amide bonds. The fourth-order valence-corrected chi connectivity index (χ4v) is 3.29. The normalized spacial score (nSPS) is 21.8. The lowest BCUT2D eigenvalue weighted by atomic mass is 9.95. The Bertz CT molecular complexity index is 952. The number of hydrogen-bond donors (Lipinski definition) is 3. The van der Waals surface area contributed by atoms with Crippen LogP contribution in [-0.4, -0.2) is 57.4 Å². The van der Waals surface area contributed by atoms with Gasteiger partial charge in [-0.05, 0) is 0 Å². The number of carbonyl (C=O) groups is 5. The van der Waals surface area contributed by atoms with Crippen molar-refractivity contribution in [3.8, 4) is 0 Å². The van der Waals surface area contributed by atoms with Crippen LogP contribution in [0.1, 0.15) is 16.8 Å². The van der Waals surface area contributed by atoms with E-state index in [9.17, 15) is 36.9 Å². The first kappa shape index (κ1) is 20.1. The fraction of sp³-hybridized carbons (Fsp3) is 0.133. The largest absolute Gasteiger partial charge is 0.292 e. The first-order chi connectivity index (χ1) is 12.5. The topological polar surface area (TPSA) is 175 Å². The van der Waals surface area contributed by atoms with Gasteiger partial charge >= 0.3 is 0 Å². The van der Waals surface area contributed by atoms with Crippen LogP contribution in [0.25, 0.3) is 0 Å². The molecule has 1 atom stereocenters. The quantitative estimate of drug-likeness (QED) is 0.187. The zero-order valence-electron chi connectivity index (χ0n) is 13.4. The van der Waals surface area contributed by atoms with Crippen molar-refractivity contribution in [3.05, 3.63) is 48.0 Å². The molecule has 11 nitrogen and oxygen atoms in total. The van der Waals surface area contributed by atoms with Crippen LogP contribution in [0.4, 0.5) is 0 Å². The Balaban J connectivity index is 0.000000313. The van der Waals surface area contributed by atoms with Crippen molar-refractivity contribution in [1.29, 1.82) is 0 Å². The summed E-state index contributed by atoms with van der Waals surface area (Å²) in [4.78, 5) is 55.4. The van der Waals surface area contributed by atoms with E-state index in [1.807, 2.05) is 5.32 Å². The maximum absolute atomic E-state index is 12.3. The van der Waals surface area contributed by atoms with Gasteiger partial charge in [0.25, 0.3) is 33.7 Å². The molecule has 2 aliphatic heterocycles. The van der Waals surface area contributed by atoms with Gasteiger partial charge in [-0.3, -0.25) is 39.0 Å². The summed E-state index contributed by atoms with van der Waals surface area (Å²) >= 11 is 0. The zero-order chi connectivity index (χ0) is 20.4. The monoisotopic (exact) mass is 396 g/mol. The zero-order valence-corrected chi connectivity index (χ0v) is 14.2. The van der Waals surface area contributed by atoms with Gasteiger partial charge in [0, 0.05) is 17.7 Å². The predicted molar refractivity (Wildman–Crippen MR) is 85.6 cm³/mol. The van der Waals surface area contributed by atoms with Crippen LogP contribution in [0, 0.1) is 0 Å². The molecule has 1 fully saturated rings. The van der Waals surface area contributed by atoms with Gasteiger partial charge in [0.05, 0.1) is 6.42 Å². The Morgan fingerprint density at radius 3 is 1.89 bits per heavy atom. The SMILES string of the molecule is O=C1C=CC(=O)N1.O=C1CC(C(=O)c2ccccc2)(S(=O)(=O)O)C(=O)N1O. The number of Topliss-reactive ketones (excluding diaryl/α,β-unsaturated/α-hetero) is 1. The lowest BCUT2D eigenvalue weighted by Crippen LogP contribution is -2.52. The number of hydroxylamine groups is 2.